The van der Waals surface area contributed by atoms with Crippen molar-refractivity contribution in [2.45, 2.75) is 6.42 Å². The van der Waals surface area contributed by atoms with Gasteiger partial charge in [-0.15, -0.1) is 0 Å². The van der Waals surface area contributed by atoms with E-state index in [0.29, 0.717) is 0 Å². The van der Waals surface area contributed by atoms with Gasteiger partial charge in [0.2, 0.25) is 0 Å². The molecule has 0 saturated heterocycles. The van der Waals surface area contributed by atoms with Crippen LogP contribution in [0, 0.1) is 0 Å². The number of rotatable bonds is 0. The van der Waals surface area contributed by atoms with Crippen LogP contribution in [-0.2, 0) is 4.57 Å². The van der Waals surface area contributed by atoms with Crippen LogP contribution in [0.2, 0.25) is 0 Å². The molecule has 0 amide bonds. The van der Waals surface area contributed by atoms with Crippen molar-refractivity contribution in [2.24, 2.45) is 0 Å². The Hall–Kier alpha value is 0.182. The Morgan fingerprint density at radius 1 is 1.36 bits per heavy atom. The fraction of sp³-hybridized carbons (Fsp3) is 0.500. The van der Waals surface area contributed by atoms with Crippen molar-refractivity contribution in [1.82, 2.24) is 5.32 Å². The Kier molecular flexibility index (Phi) is 8.58. The van der Waals surface area contributed by atoms with E-state index in [2.05, 4.69) is 11.4 Å². The largest absolute Gasteiger partial charge is 3.00 e. The summed E-state index contributed by atoms with van der Waals surface area (Å²) in [5.74, 6) is 0. The fourth-order valence-electron chi connectivity index (χ4n) is 0.417. The molecule has 0 spiro atoms. The van der Waals surface area contributed by atoms with Gasteiger partial charge in [0, 0.05) is 6.54 Å². The number of nitrogens with one attached hydrogen (secondary N) is 1. The quantitative estimate of drug-likeness (QED) is 0.331. The molecule has 1 rings (SSSR count). The molecule has 0 aromatic carbocycles. The van der Waals surface area contributed by atoms with Gasteiger partial charge in [-0.1, -0.05) is 6.08 Å². The minimum atomic E-state index is -5.39. The van der Waals surface area contributed by atoms with Gasteiger partial charge in [-0.2, -0.15) is 7.82 Å². The first-order chi connectivity index (χ1) is 4.50. The summed E-state index contributed by atoms with van der Waals surface area (Å²) in [5, 5.41) is 3.04. The number of hydrogen-bond donors (Lipinski definition) is 1. The zero-order valence-electron chi connectivity index (χ0n) is 5.73. The summed E-state index contributed by atoms with van der Waals surface area (Å²) in [4.78, 5) is 25.6. The second kappa shape index (κ2) is 6.87. The molecule has 0 aliphatic carbocycles. The van der Waals surface area contributed by atoms with Crippen LogP contribution in [0.15, 0.2) is 12.3 Å². The zero-order valence-corrected chi connectivity index (χ0v) is 7.78. The molecule has 0 fully saturated rings. The molecule has 0 bridgehead atoms. The third-order valence-corrected chi connectivity index (χ3v) is 0.691. The smallest absolute Gasteiger partial charge is 0.822 e. The van der Waals surface area contributed by atoms with E-state index in [1.807, 2.05) is 6.20 Å². The SMILES string of the molecule is C1=CNCC1.O=P([O-])([O-])[O-].[Al+3]. The molecule has 1 heterocycles. The Morgan fingerprint density at radius 2 is 1.82 bits per heavy atom. The first-order valence-corrected chi connectivity index (χ1v) is 4.07. The molecule has 60 valence electrons. The molecule has 0 saturated carbocycles. The second-order valence-electron chi connectivity index (χ2n) is 1.59. The van der Waals surface area contributed by atoms with Gasteiger partial charge in [-0.25, -0.2) is 0 Å². The Bertz CT molecular complexity index is 142. The first-order valence-electron chi connectivity index (χ1n) is 2.61. The van der Waals surface area contributed by atoms with Crippen LogP contribution in [0.4, 0.5) is 0 Å². The second-order valence-corrected chi connectivity index (χ2v) is 2.49. The molecule has 11 heavy (non-hydrogen) atoms. The van der Waals surface area contributed by atoms with Crippen molar-refractivity contribution in [3.63, 3.8) is 0 Å². The van der Waals surface area contributed by atoms with E-state index in [1.54, 1.807) is 0 Å². The van der Waals surface area contributed by atoms with Gasteiger partial charge < -0.3 is 24.6 Å². The summed E-state index contributed by atoms with van der Waals surface area (Å²) < 4.78 is 8.55. The molecule has 1 N–H and O–H groups in total. The maximum Gasteiger partial charge on any atom is 3.00 e. The van der Waals surface area contributed by atoms with Crippen LogP contribution in [0.1, 0.15) is 6.42 Å². The predicted molar refractivity (Wildman–Crippen MR) is 35.1 cm³/mol. The Labute approximate surface area is 75.5 Å². The minimum absolute atomic E-state index is 0. The van der Waals surface area contributed by atoms with Crippen LogP contribution in [-0.4, -0.2) is 23.9 Å². The van der Waals surface area contributed by atoms with Gasteiger partial charge in [0.15, 0.2) is 0 Å². The average molecular weight is 191 g/mol. The van der Waals surface area contributed by atoms with E-state index in [9.17, 15) is 0 Å². The molecule has 7 heteroatoms. The van der Waals surface area contributed by atoms with Gasteiger partial charge in [-0.05, 0) is 12.6 Å². The van der Waals surface area contributed by atoms with Crippen molar-refractivity contribution >= 4 is 25.2 Å². The summed E-state index contributed by atoms with van der Waals surface area (Å²) in [6.07, 6.45) is 5.32. The standard InChI is InChI=1S/C4H7N.Al.H3O4P/c1-2-4-5-3-1;;1-5(2,3)4/h1,3,5H,2,4H2;;(H3,1,2,3,4)/q;+3;/p-3. The molecule has 1 aliphatic rings. The minimum Gasteiger partial charge on any atom is -0.822 e. The summed E-state index contributed by atoms with van der Waals surface area (Å²) >= 11 is 0. The van der Waals surface area contributed by atoms with E-state index in [-0.39, 0.29) is 17.4 Å². The van der Waals surface area contributed by atoms with Crippen molar-refractivity contribution in [1.29, 1.82) is 0 Å². The summed E-state index contributed by atoms with van der Waals surface area (Å²) in [5.41, 5.74) is 0. The van der Waals surface area contributed by atoms with Crippen LogP contribution >= 0.6 is 7.82 Å². The van der Waals surface area contributed by atoms with Crippen LogP contribution < -0.4 is 20.0 Å². The van der Waals surface area contributed by atoms with Crippen molar-refractivity contribution in [2.75, 3.05) is 6.54 Å². The van der Waals surface area contributed by atoms with E-state index in [0.717, 1.165) is 6.54 Å². The predicted octanol–water partition coefficient (Wildman–Crippen LogP) is -2.71. The number of phosphoric acid groups is 1. The maximum atomic E-state index is 8.55. The van der Waals surface area contributed by atoms with Crippen LogP contribution in [0.25, 0.3) is 0 Å². The summed E-state index contributed by atoms with van der Waals surface area (Å²) in [6.45, 7) is 1.14. The van der Waals surface area contributed by atoms with Crippen LogP contribution in [0.3, 0.4) is 0 Å². The van der Waals surface area contributed by atoms with Crippen LogP contribution in [0.5, 0.6) is 0 Å². The monoisotopic (exact) mass is 191 g/mol. The third-order valence-electron chi connectivity index (χ3n) is 0.691. The Balaban J connectivity index is 0. The molecular formula is C4H7AlNO4P. The zero-order chi connectivity index (χ0) is 8.04. The molecule has 1 aliphatic heterocycles. The molecule has 0 radical (unpaired) electrons. The van der Waals surface area contributed by atoms with Crippen molar-refractivity contribution in [3.05, 3.63) is 12.3 Å². The van der Waals surface area contributed by atoms with Crippen molar-refractivity contribution < 1.29 is 19.2 Å². The first kappa shape index (κ1) is 13.8. The maximum absolute atomic E-state index is 8.55. The fourth-order valence-corrected chi connectivity index (χ4v) is 0.417. The molecule has 5 nitrogen and oxygen atoms in total. The van der Waals surface area contributed by atoms with E-state index in [1.165, 1.54) is 6.42 Å². The Morgan fingerprint density at radius 3 is 1.91 bits per heavy atom. The summed E-state index contributed by atoms with van der Waals surface area (Å²) in [7, 11) is -5.39. The molecule has 0 aromatic heterocycles. The molecule has 0 unspecified atom stereocenters. The van der Waals surface area contributed by atoms with Gasteiger partial charge in [0.25, 0.3) is 0 Å². The van der Waals surface area contributed by atoms with Gasteiger partial charge in [0.1, 0.15) is 0 Å². The molecular weight excluding hydrogens is 184 g/mol. The molecule has 0 atom stereocenters. The average Bonchev–Trinajstić information content (AvgIpc) is 2.07. The van der Waals surface area contributed by atoms with Gasteiger partial charge in [0.05, 0.1) is 0 Å². The van der Waals surface area contributed by atoms with E-state index < -0.39 is 7.82 Å². The van der Waals surface area contributed by atoms with Crippen molar-refractivity contribution in [3.8, 4) is 0 Å². The normalized spacial score (nSPS) is 14.1. The third kappa shape index (κ3) is 25.4. The van der Waals surface area contributed by atoms with Gasteiger partial charge >= 0.3 is 17.4 Å². The number of hydrogen-bond acceptors (Lipinski definition) is 5. The molecule has 0 aromatic rings. The van der Waals surface area contributed by atoms with E-state index >= 15 is 0 Å². The topological polar surface area (TPSA) is 98.3 Å². The van der Waals surface area contributed by atoms with E-state index in [4.69, 9.17) is 19.2 Å². The van der Waals surface area contributed by atoms with Gasteiger partial charge in [-0.3, -0.25) is 0 Å². The summed E-state index contributed by atoms with van der Waals surface area (Å²) in [6, 6.07) is 0.